The molecule has 0 aromatic carbocycles. The van der Waals surface area contributed by atoms with Crippen molar-refractivity contribution in [3.63, 3.8) is 0 Å². The molecule has 3 heteroatoms. The summed E-state index contributed by atoms with van der Waals surface area (Å²) < 4.78 is 0. The zero-order valence-electron chi connectivity index (χ0n) is 12.0. The van der Waals surface area contributed by atoms with Gasteiger partial charge in [-0.2, -0.15) is 0 Å². The SMILES string of the molecule is CC1CC1NC(=O)NCC12CC3CC(CC(C3)C1)C2. The summed E-state index contributed by atoms with van der Waals surface area (Å²) in [5, 5.41) is 6.27. The molecule has 0 aromatic heterocycles. The van der Waals surface area contributed by atoms with Gasteiger partial charge in [-0.05, 0) is 74.0 Å². The van der Waals surface area contributed by atoms with E-state index < -0.39 is 0 Å². The maximum Gasteiger partial charge on any atom is 0.315 e. The minimum absolute atomic E-state index is 0.0742. The standard InChI is InChI=1S/C16H26N2O/c1-10-2-14(10)18-15(19)17-9-16-6-11-3-12(7-16)5-13(4-11)8-16/h10-14H,2-9H2,1H3,(H2,17,18,19). The average Bonchev–Trinajstić information content (AvgIpc) is 3.01. The molecule has 106 valence electrons. The number of amides is 2. The van der Waals surface area contributed by atoms with Crippen molar-refractivity contribution < 1.29 is 4.79 Å². The van der Waals surface area contributed by atoms with Gasteiger partial charge in [0.25, 0.3) is 0 Å². The monoisotopic (exact) mass is 262 g/mol. The predicted molar refractivity (Wildman–Crippen MR) is 74.7 cm³/mol. The van der Waals surface area contributed by atoms with Gasteiger partial charge in [-0.3, -0.25) is 0 Å². The van der Waals surface area contributed by atoms with Gasteiger partial charge in [-0.25, -0.2) is 4.79 Å². The Bertz CT molecular complexity index is 357. The first-order chi connectivity index (χ1) is 9.12. The second-order valence-electron chi connectivity index (χ2n) is 8.06. The first kappa shape index (κ1) is 12.0. The van der Waals surface area contributed by atoms with Crippen molar-refractivity contribution in [2.45, 2.75) is 57.9 Å². The van der Waals surface area contributed by atoms with Gasteiger partial charge in [0.2, 0.25) is 0 Å². The Kier molecular flexibility index (Phi) is 2.62. The largest absolute Gasteiger partial charge is 0.338 e. The lowest BCUT2D eigenvalue weighted by molar-refractivity contribution is -0.0498. The van der Waals surface area contributed by atoms with E-state index in [0.29, 0.717) is 17.4 Å². The number of nitrogens with one attached hydrogen (secondary N) is 2. The van der Waals surface area contributed by atoms with Crippen LogP contribution in [0, 0.1) is 29.1 Å². The Balaban J connectivity index is 1.33. The molecule has 2 unspecified atom stereocenters. The highest BCUT2D eigenvalue weighted by Crippen LogP contribution is 2.59. The van der Waals surface area contributed by atoms with Crippen molar-refractivity contribution >= 4 is 6.03 Å². The van der Waals surface area contributed by atoms with Crippen LogP contribution in [0.15, 0.2) is 0 Å². The molecule has 5 saturated carbocycles. The number of urea groups is 1. The molecule has 0 radical (unpaired) electrons. The zero-order chi connectivity index (χ0) is 13.0. The third-order valence-corrected chi connectivity index (χ3v) is 6.21. The van der Waals surface area contributed by atoms with Crippen molar-refractivity contribution in [2.75, 3.05) is 6.54 Å². The van der Waals surface area contributed by atoms with E-state index >= 15 is 0 Å². The number of hydrogen-bond donors (Lipinski definition) is 2. The van der Waals surface area contributed by atoms with E-state index in [1.165, 1.54) is 38.5 Å². The van der Waals surface area contributed by atoms with E-state index in [1.54, 1.807) is 0 Å². The lowest BCUT2D eigenvalue weighted by atomic mass is 9.49. The van der Waals surface area contributed by atoms with Crippen LogP contribution in [0.5, 0.6) is 0 Å². The van der Waals surface area contributed by atoms with Crippen molar-refractivity contribution in [1.29, 1.82) is 0 Å². The van der Waals surface area contributed by atoms with Gasteiger partial charge in [0, 0.05) is 12.6 Å². The Morgan fingerprint density at radius 2 is 1.58 bits per heavy atom. The molecule has 19 heavy (non-hydrogen) atoms. The summed E-state index contributed by atoms with van der Waals surface area (Å²) in [5.74, 6) is 3.60. The summed E-state index contributed by atoms with van der Waals surface area (Å²) in [7, 11) is 0. The lowest BCUT2D eigenvalue weighted by Gasteiger charge is -2.56. The van der Waals surface area contributed by atoms with Crippen LogP contribution in [0.4, 0.5) is 4.79 Å². The fraction of sp³-hybridized carbons (Fsp3) is 0.938. The Morgan fingerprint density at radius 3 is 2.05 bits per heavy atom. The van der Waals surface area contributed by atoms with E-state index in [4.69, 9.17) is 0 Å². The van der Waals surface area contributed by atoms with E-state index in [1.807, 2.05) is 0 Å². The number of carbonyl (C=O) groups excluding carboxylic acids is 1. The zero-order valence-corrected chi connectivity index (χ0v) is 12.0. The third kappa shape index (κ3) is 2.25. The summed E-state index contributed by atoms with van der Waals surface area (Å²) >= 11 is 0. The summed E-state index contributed by atoms with van der Waals surface area (Å²) in [4.78, 5) is 11.9. The van der Waals surface area contributed by atoms with Crippen LogP contribution in [0.3, 0.4) is 0 Å². The third-order valence-electron chi connectivity index (χ3n) is 6.21. The molecule has 5 rings (SSSR count). The number of hydrogen-bond acceptors (Lipinski definition) is 1. The van der Waals surface area contributed by atoms with Gasteiger partial charge in [0.1, 0.15) is 0 Å². The average molecular weight is 262 g/mol. The molecule has 5 fully saturated rings. The Labute approximate surface area is 115 Å². The number of rotatable bonds is 3. The molecular weight excluding hydrogens is 236 g/mol. The normalized spacial score (nSPS) is 50.1. The summed E-state index contributed by atoms with van der Waals surface area (Å²) in [6.07, 6.45) is 9.71. The van der Waals surface area contributed by atoms with Crippen LogP contribution in [-0.2, 0) is 0 Å². The minimum Gasteiger partial charge on any atom is -0.338 e. The van der Waals surface area contributed by atoms with Crippen molar-refractivity contribution in [2.24, 2.45) is 29.1 Å². The molecular formula is C16H26N2O. The first-order valence-corrected chi connectivity index (χ1v) is 8.16. The fourth-order valence-corrected chi connectivity index (χ4v) is 5.52. The van der Waals surface area contributed by atoms with E-state index in [2.05, 4.69) is 17.6 Å². The van der Waals surface area contributed by atoms with Crippen LogP contribution < -0.4 is 10.6 Å². The van der Waals surface area contributed by atoms with Gasteiger partial charge < -0.3 is 10.6 Å². The first-order valence-electron chi connectivity index (χ1n) is 8.16. The molecule has 0 heterocycles. The predicted octanol–water partition coefficient (Wildman–Crippen LogP) is 2.91. The Hall–Kier alpha value is -0.730. The van der Waals surface area contributed by atoms with E-state index in [9.17, 15) is 4.79 Å². The molecule has 0 aliphatic heterocycles. The minimum atomic E-state index is 0.0742. The highest BCUT2D eigenvalue weighted by molar-refractivity contribution is 5.74. The van der Waals surface area contributed by atoms with E-state index in [0.717, 1.165) is 30.7 Å². The smallest absolute Gasteiger partial charge is 0.315 e. The molecule has 2 N–H and O–H groups in total. The molecule has 4 bridgehead atoms. The molecule has 0 saturated heterocycles. The van der Waals surface area contributed by atoms with Gasteiger partial charge in [-0.15, -0.1) is 0 Å². The Morgan fingerprint density at radius 1 is 1.05 bits per heavy atom. The summed E-state index contributed by atoms with van der Waals surface area (Å²) in [6.45, 7) is 3.12. The topological polar surface area (TPSA) is 41.1 Å². The second-order valence-corrected chi connectivity index (χ2v) is 8.06. The van der Waals surface area contributed by atoms with Crippen molar-refractivity contribution in [1.82, 2.24) is 10.6 Å². The number of carbonyl (C=O) groups is 1. The molecule has 5 aliphatic carbocycles. The lowest BCUT2D eigenvalue weighted by Crippen LogP contribution is -2.52. The van der Waals surface area contributed by atoms with Gasteiger partial charge in [-0.1, -0.05) is 6.92 Å². The molecule has 2 amide bonds. The van der Waals surface area contributed by atoms with Gasteiger partial charge >= 0.3 is 6.03 Å². The maximum absolute atomic E-state index is 11.9. The maximum atomic E-state index is 11.9. The van der Waals surface area contributed by atoms with Crippen LogP contribution in [0.1, 0.15) is 51.9 Å². The van der Waals surface area contributed by atoms with Crippen molar-refractivity contribution in [3.8, 4) is 0 Å². The second kappa shape index (κ2) is 4.13. The van der Waals surface area contributed by atoms with Gasteiger partial charge in [0.05, 0.1) is 0 Å². The summed E-state index contributed by atoms with van der Waals surface area (Å²) in [6, 6.07) is 0.515. The van der Waals surface area contributed by atoms with Crippen LogP contribution in [-0.4, -0.2) is 18.6 Å². The quantitative estimate of drug-likeness (QED) is 0.806. The van der Waals surface area contributed by atoms with E-state index in [-0.39, 0.29) is 6.03 Å². The molecule has 3 nitrogen and oxygen atoms in total. The van der Waals surface area contributed by atoms with Crippen molar-refractivity contribution in [3.05, 3.63) is 0 Å². The molecule has 0 spiro atoms. The van der Waals surface area contributed by atoms with Crippen LogP contribution >= 0.6 is 0 Å². The van der Waals surface area contributed by atoms with Crippen LogP contribution in [0.25, 0.3) is 0 Å². The highest BCUT2D eigenvalue weighted by atomic mass is 16.2. The van der Waals surface area contributed by atoms with Crippen LogP contribution in [0.2, 0.25) is 0 Å². The molecule has 5 aliphatic rings. The highest BCUT2D eigenvalue weighted by Gasteiger charge is 2.50. The summed E-state index contributed by atoms with van der Waals surface area (Å²) in [5.41, 5.74) is 0.460. The fourth-order valence-electron chi connectivity index (χ4n) is 5.52. The molecule has 0 aromatic rings. The van der Waals surface area contributed by atoms with Gasteiger partial charge in [0.15, 0.2) is 0 Å². The molecule has 2 atom stereocenters.